The number of fused-ring (bicyclic) bond motifs is 1. The summed E-state index contributed by atoms with van der Waals surface area (Å²) in [6, 6.07) is 4.54. The third-order valence-corrected chi connectivity index (χ3v) is 4.65. The summed E-state index contributed by atoms with van der Waals surface area (Å²) >= 11 is 1.63. The van der Waals surface area contributed by atoms with E-state index >= 15 is 0 Å². The molecule has 0 unspecified atom stereocenters. The van der Waals surface area contributed by atoms with Gasteiger partial charge in [0.25, 0.3) is 5.95 Å². The van der Waals surface area contributed by atoms with Crippen LogP contribution in [0.25, 0.3) is 16.2 Å². The lowest BCUT2D eigenvalue weighted by molar-refractivity contribution is 0.667. The Morgan fingerprint density at radius 2 is 2.00 bits per heavy atom. The van der Waals surface area contributed by atoms with Gasteiger partial charge in [-0.2, -0.15) is 15.1 Å². The van der Waals surface area contributed by atoms with Crippen molar-refractivity contribution in [2.45, 2.75) is 46.6 Å². The molecule has 1 N–H and O–H groups in total. The van der Waals surface area contributed by atoms with Crippen molar-refractivity contribution in [3.05, 3.63) is 28.9 Å². The van der Waals surface area contributed by atoms with E-state index in [0.29, 0.717) is 12.0 Å². The summed E-state index contributed by atoms with van der Waals surface area (Å²) in [5.74, 6) is 1.54. The van der Waals surface area contributed by atoms with Crippen molar-refractivity contribution in [2.24, 2.45) is 0 Å². The molecule has 3 aromatic rings. The summed E-state index contributed by atoms with van der Waals surface area (Å²) in [5, 5.41) is 11.2. The van der Waals surface area contributed by atoms with Crippen LogP contribution < -0.4 is 5.32 Å². The zero-order chi connectivity index (χ0) is 15.7. The molecule has 6 heteroatoms. The fraction of sp³-hybridized carbons (Fsp3) is 0.438. The molecule has 0 fully saturated rings. The van der Waals surface area contributed by atoms with Gasteiger partial charge in [-0.05, 0) is 44.2 Å². The first-order chi connectivity index (χ1) is 10.6. The highest BCUT2D eigenvalue weighted by Crippen LogP contribution is 2.27. The molecular weight excluding hydrogens is 294 g/mol. The number of nitrogens with one attached hydrogen (secondary N) is 1. The molecule has 0 aliphatic rings. The molecule has 0 aromatic carbocycles. The van der Waals surface area contributed by atoms with Gasteiger partial charge in [-0.25, -0.2) is 4.68 Å². The average Bonchev–Trinajstić information content (AvgIpc) is 3.10. The van der Waals surface area contributed by atoms with Gasteiger partial charge in [0, 0.05) is 11.7 Å². The number of hydrogen-bond donors (Lipinski definition) is 1. The summed E-state index contributed by atoms with van der Waals surface area (Å²) in [4.78, 5) is 10.4. The van der Waals surface area contributed by atoms with Crippen LogP contribution in [0, 0.1) is 13.8 Å². The fourth-order valence-electron chi connectivity index (χ4n) is 2.57. The minimum atomic E-state index is 0.423. The average molecular weight is 315 g/mol. The Labute approximate surface area is 134 Å². The highest BCUT2D eigenvalue weighted by atomic mass is 32.1. The Balaban J connectivity index is 2.11. The molecule has 0 amide bonds. The first-order valence-corrected chi connectivity index (χ1v) is 8.55. The minimum absolute atomic E-state index is 0.423. The number of rotatable bonds is 5. The van der Waals surface area contributed by atoms with E-state index in [4.69, 9.17) is 4.98 Å². The number of anilines is 1. The lowest BCUT2D eigenvalue weighted by Crippen LogP contribution is -2.19. The highest BCUT2D eigenvalue weighted by Gasteiger charge is 2.14. The van der Waals surface area contributed by atoms with Crippen molar-refractivity contribution >= 4 is 27.4 Å². The zero-order valence-electron chi connectivity index (χ0n) is 13.4. The molecule has 22 heavy (non-hydrogen) atoms. The number of aromatic nitrogens is 4. The number of hydrogen-bond acceptors (Lipinski definition) is 5. The van der Waals surface area contributed by atoms with Gasteiger partial charge >= 0.3 is 0 Å². The molecule has 116 valence electrons. The summed E-state index contributed by atoms with van der Waals surface area (Å²) in [7, 11) is 0. The third-order valence-electron chi connectivity index (χ3n) is 3.84. The first kappa shape index (κ1) is 15.0. The van der Waals surface area contributed by atoms with Gasteiger partial charge in [-0.1, -0.05) is 13.8 Å². The van der Waals surface area contributed by atoms with Crippen LogP contribution in [0.2, 0.25) is 0 Å². The van der Waals surface area contributed by atoms with Crippen molar-refractivity contribution in [1.29, 1.82) is 0 Å². The summed E-state index contributed by atoms with van der Waals surface area (Å²) in [5.41, 5.74) is 2.02. The molecule has 0 saturated carbocycles. The zero-order valence-corrected chi connectivity index (χ0v) is 14.2. The Kier molecular flexibility index (Phi) is 4.11. The monoisotopic (exact) mass is 315 g/mol. The SMILES string of the molecule is CCC(CC)Nc1nc(-n2nc(C)cc2C)nc2sccc12. The first-order valence-electron chi connectivity index (χ1n) is 7.67. The third kappa shape index (κ3) is 2.70. The molecule has 0 aliphatic carbocycles. The fourth-order valence-corrected chi connectivity index (χ4v) is 3.33. The second kappa shape index (κ2) is 6.04. The van der Waals surface area contributed by atoms with Crippen molar-refractivity contribution < 1.29 is 0 Å². The molecule has 0 spiro atoms. The van der Waals surface area contributed by atoms with Gasteiger partial charge < -0.3 is 5.32 Å². The van der Waals surface area contributed by atoms with Gasteiger partial charge in [-0.3, -0.25) is 0 Å². The molecule has 0 saturated heterocycles. The van der Waals surface area contributed by atoms with E-state index in [-0.39, 0.29) is 0 Å². The summed E-state index contributed by atoms with van der Waals surface area (Å²) < 4.78 is 1.81. The van der Waals surface area contributed by atoms with Crippen molar-refractivity contribution in [1.82, 2.24) is 19.7 Å². The van der Waals surface area contributed by atoms with Crippen molar-refractivity contribution in [2.75, 3.05) is 5.32 Å². The summed E-state index contributed by atoms with van der Waals surface area (Å²) in [6.07, 6.45) is 2.14. The van der Waals surface area contributed by atoms with Crippen LogP contribution >= 0.6 is 11.3 Å². The quantitative estimate of drug-likeness (QED) is 0.770. The Hall–Kier alpha value is -1.95. The van der Waals surface area contributed by atoms with E-state index in [0.717, 1.165) is 40.3 Å². The Morgan fingerprint density at radius 3 is 2.64 bits per heavy atom. The van der Waals surface area contributed by atoms with Gasteiger partial charge in [0.1, 0.15) is 10.6 Å². The maximum atomic E-state index is 4.74. The molecule has 0 bridgehead atoms. The van der Waals surface area contributed by atoms with Crippen LogP contribution in [0.3, 0.4) is 0 Å². The van der Waals surface area contributed by atoms with E-state index in [1.165, 1.54) is 0 Å². The van der Waals surface area contributed by atoms with E-state index in [9.17, 15) is 0 Å². The molecular formula is C16H21N5S. The van der Waals surface area contributed by atoms with Crippen LogP contribution in [0.5, 0.6) is 0 Å². The van der Waals surface area contributed by atoms with E-state index in [2.05, 4.69) is 40.7 Å². The second-order valence-electron chi connectivity index (χ2n) is 5.51. The van der Waals surface area contributed by atoms with Crippen LogP contribution in [0.4, 0.5) is 5.82 Å². The molecule has 3 aromatic heterocycles. The lowest BCUT2D eigenvalue weighted by atomic mass is 10.2. The minimum Gasteiger partial charge on any atom is -0.367 e. The number of nitrogens with zero attached hydrogens (tertiary/aromatic N) is 4. The Morgan fingerprint density at radius 1 is 1.23 bits per heavy atom. The van der Waals surface area contributed by atoms with Gasteiger partial charge in [0.2, 0.25) is 0 Å². The van der Waals surface area contributed by atoms with Gasteiger partial charge in [-0.15, -0.1) is 11.3 Å². The standard InChI is InChI=1S/C16H21N5S/c1-5-12(6-2)17-14-13-7-8-22-15(13)19-16(18-14)21-11(4)9-10(3)20-21/h7-9,12H,5-6H2,1-4H3,(H,17,18,19). The van der Waals surface area contributed by atoms with Crippen LogP contribution in [0.1, 0.15) is 38.1 Å². The predicted octanol–water partition coefficient (Wildman–Crippen LogP) is 4.09. The van der Waals surface area contributed by atoms with Crippen molar-refractivity contribution in [3.63, 3.8) is 0 Å². The van der Waals surface area contributed by atoms with Crippen LogP contribution in [0.15, 0.2) is 17.5 Å². The number of aryl methyl sites for hydroxylation is 2. The molecule has 3 rings (SSSR count). The molecule has 3 heterocycles. The van der Waals surface area contributed by atoms with Gasteiger partial charge in [0.15, 0.2) is 0 Å². The largest absolute Gasteiger partial charge is 0.367 e. The number of thiophene rings is 1. The van der Waals surface area contributed by atoms with Crippen LogP contribution in [-0.4, -0.2) is 25.8 Å². The van der Waals surface area contributed by atoms with Crippen molar-refractivity contribution in [3.8, 4) is 5.95 Å². The topological polar surface area (TPSA) is 55.6 Å². The normalized spacial score (nSPS) is 11.5. The van der Waals surface area contributed by atoms with E-state index in [1.807, 2.05) is 24.6 Å². The second-order valence-corrected chi connectivity index (χ2v) is 6.40. The van der Waals surface area contributed by atoms with Gasteiger partial charge in [0.05, 0.1) is 11.1 Å². The molecule has 0 aliphatic heterocycles. The van der Waals surface area contributed by atoms with E-state index in [1.54, 1.807) is 11.3 Å². The Bertz CT molecular complexity index is 785. The lowest BCUT2D eigenvalue weighted by Gasteiger charge is -2.16. The maximum absolute atomic E-state index is 4.74. The summed E-state index contributed by atoms with van der Waals surface area (Å²) in [6.45, 7) is 8.39. The predicted molar refractivity (Wildman–Crippen MR) is 92.0 cm³/mol. The molecule has 5 nitrogen and oxygen atoms in total. The van der Waals surface area contributed by atoms with E-state index < -0.39 is 0 Å². The highest BCUT2D eigenvalue weighted by molar-refractivity contribution is 7.16. The molecule has 0 atom stereocenters. The smallest absolute Gasteiger partial charge is 0.254 e. The maximum Gasteiger partial charge on any atom is 0.254 e. The molecule has 0 radical (unpaired) electrons. The van der Waals surface area contributed by atoms with Crippen LogP contribution in [-0.2, 0) is 0 Å².